The van der Waals surface area contributed by atoms with Gasteiger partial charge in [0.1, 0.15) is 23.2 Å². The molecule has 1 amide bonds. The number of rotatable bonds is 6. The molecular weight excluding hydrogens is 358 g/mol. The van der Waals surface area contributed by atoms with Crippen LogP contribution in [0, 0.1) is 21.4 Å². The average molecular weight is 373 g/mol. The predicted molar refractivity (Wildman–Crippen MR) is 103 cm³/mol. The van der Waals surface area contributed by atoms with Gasteiger partial charge >= 0.3 is 0 Å². The fourth-order valence-corrected chi connectivity index (χ4v) is 2.52. The van der Waals surface area contributed by atoms with E-state index < -0.39 is 10.8 Å². The number of nitriles is 1. The quantitative estimate of drug-likeness (QED) is 0.303. The Labute approximate surface area is 160 Å². The summed E-state index contributed by atoms with van der Waals surface area (Å²) in [6.45, 7) is 0.301. The summed E-state index contributed by atoms with van der Waals surface area (Å²) < 4.78 is 5.62. The minimum atomic E-state index is -0.514. The summed E-state index contributed by atoms with van der Waals surface area (Å²) in [6, 6.07) is 20.4. The Hall–Kier alpha value is -4.18. The van der Waals surface area contributed by atoms with E-state index in [2.05, 4.69) is 5.32 Å². The van der Waals surface area contributed by atoms with Gasteiger partial charge in [0.05, 0.1) is 4.92 Å². The molecule has 0 fully saturated rings. The number of nitro benzene ring substituents is 1. The maximum atomic E-state index is 12.2. The van der Waals surface area contributed by atoms with Gasteiger partial charge in [0.15, 0.2) is 0 Å². The van der Waals surface area contributed by atoms with Crippen LogP contribution in [-0.4, -0.2) is 10.8 Å². The molecule has 0 aliphatic carbocycles. The SMILES string of the molecule is N#CC(=Cc1ccc(-c2cccc([N+](=O)[O-])c2)o1)C(=O)NCc1ccccc1. The van der Waals surface area contributed by atoms with Crippen LogP contribution in [0.3, 0.4) is 0 Å². The minimum absolute atomic E-state index is 0.0519. The second-order valence-electron chi connectivity index (χ2n) is 5.85. The van der Waals surface area contributed by atoms with Gasteiger partial charge < -0.3 is 9.73 Å². The zero-order valence-corrected chi connectivity index (χ0v) is 14.7. The number of nitrogens with zero attached hydrogens (tertiary/aromatic N) is 2. The Morgan fingerprint density at radius 3 is 2.64 bits per heavy atom. The standard InChI is InChI=1S/C21H15N3O4/c22-13-17(21(25)23-14-15-5-2-1-3-6-15)12-19-9-10-20(28-19)16-7-4-8-18(11-16)24(26)27/h1-12H,14H2,(H,23,25). The summed E-state index contributed by atoms with van der Waals surface area (Å²) in [5, 5.41) is 22.9. The van der Waals surface area contributed by atoms with Crippen LogP contribution in [0.2, 0.25) is 0 Å². The molecule has 7 heteroatoms. The van der Waals surface area contributed by atoms with E-state index in [0.29, 0.717) is 23.6 Å². The van der Waals surface area contributed by atoms with Crippen molar-refractivity contribution < 1.29 is 14.1 Å². The Morgan fingerprint density at radius 1 is 1.14 bits per heavy atom. The third-order valence-corrected chi connectivity index (χ3v) is 3.92. The summed E-state index contributed by atoms with van der Waals surface area (Å²) in [5.74, 6) is 0.185. The first-order valence-electron chi connectivity index (χ1n) is 8.35. The van der Waals surface area contributed by atoms with Crippen molar-refractivity contribution in [3.8, 4) is 17.4 Å². The van der Waals surface area contributed by atoms with E-state index in [1.807, 2.05) is 36.4 Å². The van der Waals surface area contributed by atoms with Crippen molar-refractivity contribution in [2.75, 3.05) is 0 Å². The Balaban J connectivity index is 1.75. The second kappa shape index (κ2) is 8.47. The van der Waals surface area contributed by atoms with Crippen LogP contribution in [-0.2, 0) is 11.3 Å². The Kier molecular flexibility index (Phi) is 5.63. The summed E-state index contributed by atoms with van der Waals surface area (Å²) in [7, 11) is 0. The zero-order valence-electron chi connectivity index (χ0n) is 14.7. The monoisotopic (exact) mass is 373 g/mol. The highest BCUT2D eigenvalue weighted by Gasteiger charge is 2.12. The van der Waals surface area contributed by atoms with E-state index in [9.17, 15) is 20.2 Å². The normalized spacial score (nSPS) is 10.9. The van der Waals surface area contributed by atoms with Crippen LogP contribution < -0.4 is 5.32 Å². The molecule has 2 aromatic carbocycles. The molecule has 0 spiro atoms. The molecule has 0 atom stereocenters. The molecule has 7 nitrogen and oxygen atoms in total. The first kappa shape index (κ1) is 18.6. The maximum Gasteiger partial charge on any atom is 0.270 e. The van der Waals surface area contributed by atoms with Crippen molar-refractivity contribution in [2.24, 2.45) is 0 Å². The fraction of sp³-hybridized carbons (Fsp3) is 0.0476. The number of non-ortho nitro benzene ring substituents is 1. The highest BCUT2D eigenvalue weighted by atomic mass is 16.6. The molecule has 0 aliphatic rings. The van der Waals surface area contributed by atoms with Gasteiger partial charge in [-0.15, -0.1) is 0 Å². The number of carbonyl (C=O) groups excluding carboxylic acids is 1. The van der Waals surface area contributed by atoms with Crippen LogP contribution in [0.15, 0.2) is 76.7 Å². The predicted octanol–water partition coefficient (Wildman–Crippen LogP) is 4.08. The molecule has 0 radical (unpaired) electrons. The van der Waals surface area contributed by atoms with Crippen molar-refractivity contribution in [3.05, 3.63) is 93.7 Å². The molecule has 28 heavy (non-hydrogen) atoms. The van der Waals surface area contributed by atoms with E-state index in [1.165, 1.54) is 18.2 Å². The number of carbonyl (C=O) groups is 1. The van der Waals surface area contributed by atoms with Crippen molar-refractivity contribution in [3.63, 3.8) is 0 Å². The van der Waals surface area contributed by atoms with Gasteiger partial charge in [-0.1, -0.05) is 42.5 Å². The number of nitro groups is 1. The van der Waals surface area contributed by atoms with E-state index in [-0.39, 0.29) is 11.3 Å². The third kappa shape index (κ3) is 4.51. The third-order valence-electron chi connectivity index (χ3n) is 3.92. The lowest BCUT2D eigenvalue weighted by Gasteiger charge is -2.03. The lowest BCUT2D eigenvalue weighted by Crippen LogP contribution is -2.23. The molecular formula is C21H15N3O4. The Morgan fingerprint density at radius 2 is 1.93 bits per heavy atom. The van der Waals surface area contributed by atoms with Gasteiger partial charge in [-0.25, -0.2) is 0 Å². The maximum absolute atomic E-state index is 12.2. The molecule has 1 heterocycles. The van der Waals surface area contributed by atoms with Gasteiger partial charge in [0.2, 0.25) is 0 Å². The number of nitrogens with one attached hydrogen (secondary N) is 1. The zero-order chi connectivity index (χ0) is 19.9. The molecule has 0 aliphatic heterocycles. The summed E-state index contributed by atoms with van der Waals surface area (Å²) >= 11 is 0. The largest absolute Gasteiger partial charge is 0.457 e. The number of hydrogen-bond donors (Lipinski definition) is 1. The van der Waals surface area contributed by atoms with Crippen LogP contribution in [0.1, 0.15) is 11.3 Å². The number of hydrogen-bond acceptors (Lipinski definition) is 5. The molecule has 0 saturated heterocycles. The summed E-state index contributed by atoms with van der Waals surface area (Å²) in [5.41, 5.74) is 1.29. The minimum Gasteiger partial charge on any atom is -0.457 e. The van der Waals surface area contributed by atoms with Crippen LogP contribution in [0.25, 0.3) is 17.4 Å². The van der Waals surface area contributed by atoms with Gasteiger partial charge in [-0.05, 0) is 17.7 Å². The molecule has 138 valence electrons. The smallest absolute Gasteiger partial charge is 0.270 e. The topological polar surface area (TPSA) is 109 Å². The number of benzene rings is 2. The van der Waals surface area contributed by atoms with Gasteiger partial charge in [0.25, 0.3) is 11.6 Å². The van der Waals surface area contributed by atoms with E-state index in [4.69, 9.17) is 4.42 Å². The second-order valence-corrected chi connectivity index (χ2v) is 5.85. The molecule has 0 saturated carbocycles. The van der Waals surface area contributed by atoms with Crippen LogP contribution in [0.4, 0.5) is 5.69 Å². The average Bonchev–Trinajstić information content (AvgIpc) is 3.20. The highest BCUT2D eigenvalue weighted by molar-refractivity contribution is 6.01. The number of amides is 1. The molecule has 0 unspecified atom stereocenters. The van der Waals surface area contributed by atoms with E-state index in [0.717, 1.165) is 5.56 Å². The van der Waals surface area contributed by atoms with Gasteiger partial charge in [0, 0.05) is 30.3 Å². The highest BCUT2D eigenvalue weighted by Crippen LogP contribution is 2.26. The molecule has 3 aromatic rings. The van der Waals surface area contributed by atoms with Crippen LogP contribution >= 0.6 is 0 Å². The fourth-order valence-electron chi connectivity index (χ4n) is 2.52. The molecule has 1 N–H and O–H groups in total. The van der Waals surface area contributed by atoms with Crippen molar-refractivity contribution >= 4 is 17.7 Å². The van der Waals surface area contributed by atoms with E-state index >= 15 is 0 Å². The van der Waals surface area contributed by atoms with Crippen molar-refractivity contribution in [1.29, 1.82) is 5.26 Å². The van der Waals surface area contributed by atoms with Crippen molar-refractivity contribution in [1.82, 2.24) is 5.32 Å². The molecule has 1 aromatic heterocycles. The van der Waals surface area contributed by atoms with Gasteiger partial charge in [-0.3, -0.25) is 14.9 Å². The summed E-state index contributed by atoms with van der Waals surface area (Å²) in [6.07, 6.45) is 1.33. The lowest BCUT2D eigenvalue weighted by atomic mass is 10.1. The molecule has 3 rings (SSSR count). The first-order chi connectivity index (χ1) is 13.6. The van der Waals surface area contributed by atoms with Gasteiger partial charge in [-0.2, -0.15) is 5.26 Å². The van der Waals surface area contributed by atoms with E-state index in [1.54, 1.807) is 24.3 Å². The van der Waals surface area contributed by atoms with Crippen LogP contribution in [0.5, 0.6) is 0 Å². The molecule has 0 bridgehead atoms. The lowest BCUT2D eigenvalue weighted by molar-refractivity contribution is -0.384. The number of furan rings is 1. The summed E-state index contributed by atoms with van der Waals surface area (Å²) in [4.78, 5) is 22.6. The Bertz CT molecular complexity index is 1080. The van der Waals surface area contributed by atoms with Crippen molar-refractivity contribution in [2.45, 2.75) is 6.54 Å². The first-order valence-corrected chi connectivity index (χ1v) is 8.35.